The van der Waals surface area contributed by atoms with Crippen LogP contribution in [0, 0.1) is 0 Å². The Morgan fingerprint density at radius 1 is 1.14 bits per heavy atom. The molecule has 186 valence electrons. The number of amides is 2. The van der Waals surface area contributed by atoms with Gasteiger partial charge in [-0.05, 0) is 40.7 Å². The van der Waals surface area contributed by atoms with Crippen molar-refractivity contribution in [3.05, 3.63) is 59.7 Å². The molecule has 9 heteroatoms. The first-order valence-corrected chi connectivity index (χ1v) is 14.2. The van der Waals surface area contributed by atoms with E-state index in [-0.39, 0.29) is 30.9 Å². The summed E-state index contributed by atoms with van der Waals surface area (Å²) < 4.78 is 5.65. The smallest absolute Gasteiger partial charge is 0.407 e. The number of ether oxygens (including phenoxy) is 1. The topological polar surface area (TPSA) is 95.9 Å². The molecule has 4 rings (SSSR count). The lowest BCUT2D eigenvalue weighted by atomic mass is 9.98. The van der Waals surface area contributed by atoms with E-state index in [1.807, 2.05) is 30.5 Å². The van der Waals surface area contributed by atoms with Crippen molar-refractivity contribution in [1.82, 2.24) is 10.2 Å². The minimum Gasteiger partial charge on any atom is -0.481 e. The zero-order valence-corrected chi connectivity index (χ0v) is 21.3. The van der Waals surface area contributed by atoms with Gasteiger partial charge >= 0.3 is 12.1 Å². The third kappa shape index (κ3) is 5.95. The molecule has 1 unspecified atom stereocenters. The molecular weight excluding hydrogens is 484 g/mol. The lowest BCUT2D eigenvalue weighted by molar-refractivity contribution is -0.141. The summed E-state index contributed by atoms with van der Waals surface area (Å²) in [6.45, 7) is 0.648. The molecule has 0 saturated carbocycles. The van der Waals surface area contributed by atoms with Crippen LogP contribution in [0.15, 0.2) is 48.5 Å². The number of rotatable bonds is 9. The zero-order chi connectivity index (χ0) is 24.8. The highest BCUT2D eigenvalue weighted by Crippen LogP contribution is 2.44. The molecule has 1 heterocycles. The molecule has 2 atom stereocenters. The highest BCUT2D eigenvalue weighted by molar-refractivity contribution is 7.99. The number of carbonyl (C=O) groups is 3. The van der Waals surface area contributed by atoms with Gasteiger partial charge in [-0.1, -0.05) is 48.5 Å². The van der Waals surface area contributed by atoms with E-state index < -0.39 is 18.1 Å². The van der Waals surface area contributed by atoms with Crippen molar-refractivity contribution in [1.29, 1.82) is 0 Å². The summed E-state index contributed by atoms with van der Waals surface area (Å²) >= 11 is 3.24. The molecule has 0 aromatic heterocycles. The lowest BCUT2D eigenvalue weighted by Crippen LogP contribution is -2.55. The van der Waals surface area contributed by atoms with Gasteiger partial charge in [0.2, 0.25) is 5.91 Å². The van der Waals surface area contributed by atoms with E-state index in [1.54, 1.807) is 28.4 Å². The van der Waals surface area contributed by atoms with E-state index in [0.717, 1.165) is 28.0 Å². The average molecular weight is 515 g/mol. The number of thioether (sulfide) groups is 2. The van der Waals surface area contributed by atoms with E-state index in [1.165, 1.54) is 0 Å². The molecule has 0 bridgehead atoms. The Hall–Kier alpha value is -2.65. The number of carboxylic acids is 1. The zero-order valence-electron chi connectivity index (χ0n) is 19.6. The third-order valence-electron chi connectivity index (χ3n) is 6.47. The summed E-state index contributed by atoms with van der Waals surface area (Å²) in [7, 11) is 0. The van der Waals surface area contributed by atoms with Crippen molar-refractivity contribution in [2.75, 3.05) is 36.7 Å². The number of carbonyl (C=O) groups excluding carboxylic acids is 2. The molecule has 1 aliphatic heterocycles. The number of hydrogen-bond donors (Lipinski definition) is 2. The molecule has 1 aliphatic carbocycles. The number of benzene rings is 2. The van der Waals surface area contributed by atoms with Crippen LogP contribution in [-0.4, -0.2) is 76.7 Å². The molecule has 1 fully saturated rings. The van der Waals surface area contributed by atoms with Gasteiger partial charge in [-0.15, -0.1) is 0 Å². The van der Waals surface area contributed by atoms with Gasteiger partial charge in [0, 0.05) is 24.0 Å². The predicted molar refractivity (Wildman–Crippen MR) is 140 cm³/mol. The number of nitrogens with one attached hydrogen (secondary N) is 1. The van der Waals surface area contributed by atoms with Gasteiger partial charge in [0.25, 0.3) is 0 Å². The van der Waals surface area contributed by atoms with Gasteiger partial charge < -0.3 is 20.1 Å². The van der Waals surface area contributed by atoms with E-state index >= 15 is 0 Å². The van der Waals surface area contributed by atoms with Crippen LogP contribution in [0.3, 0.4) is 0 Å². The summed E-state index contributed by atoms with van der Waals surface area (Å²) in [5.41, 5.74) is 4.55. The fraction of sp³-hybridized carbons (Fsp3) is 0.423. The Labute approximate surface area is 214 Å². The first kappa shape index (κ1) is 25.4. The average Bonchev–Trinajstić information content (AvgIpc) is 3.18. The Balaban J connectivity index is 1.43. The molecule has 7 nitrogen and oxygen atoms in total. The van der Waals surface area contributed by atoms with Crippen molar-refractivity contribution in [2.45, 2.75) is 30.8 Å². The minimum absolute atomic E-state index is 0.0624. The highest BCUT2D eigenvalue weighted by Gasteiger charge is 2.34. The van der Waals surface area contributed by atoms with Crippen molar-refractivity contribution >= 4 is 41.5 Å². The largest absolute Gasteiger partial charge is 0.481 e. The maximum atomic E-state index is 13.4. The third-order valence-corrected chi connectivity index (χ3v) is 8.20. The van der Waals surface area contributed by atoms with Crippen LogP contribution in [0.5, 0.6) is 0 Å². The number of nitrogens with zero attached hydrogens (tertiary/aromatic N) is 1. The number of alkyl carbamates (subject to hydrolysis) is 1. The van der Waals surface area contributed by atoms with Gasteiger partial charge in [-0.3, -0.25) is 9.59 Å². The first-order chi connectivity index (χ1) is 17.0. The summed E-state index contributed by atoms with van der Waals surface area (Å²) in [6, 6.07) is 15.1. The maximum Gasteiger partial charge on any atom is 0.407 e. The number of carboxylic acid groups (broad SMARTS) is 1. The van der Waals surface area contributed by atoms with Gasteiger partial charge in [0.15, 0.2) is 0 Å². The SMILES string of the molecule is CSCC[C@@H](NC(=O)OCC1c2ccccc2-c2ccccc21)C(=O)N1CCSCC1CC(=O)O. The maximum absolute atomic E-state index is 13.4. The fourth-order valence-electron chi connectivity index (χ4n) is 4.79. The minimum atomic E-state index is -0.930. The van der Waals surface area contributed by atoms with E-state index in [9.17, 15) is 19.5 Å². The highest BCUT2D eigenvalue weighted by atomic mass is 32.2. The Morgan fingerprint density at radius 3 is 2.43 bits per heavy atom. The second-order valence-electron chi connectivity index (χ2n) is 8.66. The molecule has 2 aliphatic rings. The van der Waals surface area contributed by atoms with Crippen LogP contribution in [0.1, 0.15) is 29.9 Å². The number of hydrogen-bond acceptors (Lipinski definition) is 6. The summed E-state index contributed by atoms with van der Waals surface area (Å²) in [4.78, 5) is 39.1. The fourth-order valence-corrected chi connectivity index (χ4v) is 6.32. The quantitative estimate of drug-likeness (QED) is 0.521. The van der Waals surface area contributed by atoms with E-state index in [0.29, 0.717) is 24.5 Å². The predicted octanol–water partition coefficient (Wildman–Crippen LogP) is 4.07. The molecule has 0 spiro atoms. The monoisotopic (exact) mass is 514 g/mol. The standard InChI is InChI=1S/C26H30N2O5S2/c1-34-12-10-23(25(31)28-11-13-35-16-17(28)14-24(29)30)27-26(32)33-15-22-20-8-4-2-6-18(20)19-7-3-5-9-21(19)22/h2-9,17,22-23H,10-16H2,1H3,(H,27,32)(H,29,30)/t17?,23-/m1/s1. The van der Waals surface area contributed by atoms with Crippen molar-refractivity contribution in [3.63, 3.8) is 0 Å². The summed E-state index contributed by atoms with van der Waals surface area (Å²) in [6.07, 6.45) is 1.67. The number of fused-ring (bicyclic) bond motifs is 3. The number of aliphatic carboxylic acids is 1. The van der Waals surface area contributed by atoms with Crippen molar-refractivity contribution < 1.29 is 24.2 Å². The molecule has 1 saturated heterocycles. The molecule has 2 aromatic rings. The van der Waals surface area contributed by atoms with Crippen LogP contribution in [-0.2, 0) is 14.3 Å². The van der Waals surface area contributed by atoms with Gasteiger partial charge in [-0.25, -0.2) is 4.79 Å². The van der Waals surface area contributed by atoms with Crippen molar-refractivity contribution in [3.8, 4) is 11.1 Å². The van der Waals surface area contributed by atoms with E-state index in [4.69, 9.17) is 4.74 Å². The van der Waals surface area contributed by atoms with Crippen LogP contribution >= 0.6 is 23.5 Å². The normalized spacial score (nSPS) is 17.9. The second kappa shape index (κ2) is 11.9. The van der Waals surface area contributed by atoms with Crippen LogP contribution in [0.4, 0.5) is 4.79 Å². The Kier molecular flexibility index (Phi) is 8.62. The van der Waals surface area contributed by atoms with Crippen LogP contribution < -0.4 is 5.32 Å². The Morgan fingerprint density at radius 2 is 1.80 bits per heavy atom. The van der Waals surface area contributed by atoms with Gasteiger partial charge in [0.1, 0.15) is 12.6 Å². The molecule has 35 heavy (non-hydrogen) atoms. The van der Waals surface area contributed by atoms with Crippen molar-refractivity contribution in [2.24, 2.45) is 0 Å². The summed E-state index contributed by atoms with van der Waals surface area (Å²) in [5.74, 6) is 0.791. The molecule has 2 amide bonds. The lowest BCUT2D eigenvalue weighted by Gasteiger charge is -2.37. The van der Waals surface area contributed by atoms with Crippen LogP contribution in [0.2, 0.25) is 0 Å². The van der Waals surface area contributed by atoms with Gasteiger partial charge in [0.05, 0.1) is 12.5 Å². The molecular formula is C26H30N2O5S2. The van der Waals surface area contributed by atoms with E-state index in [2.05, 4.69) is 29.6 Å². The van der Waals surface area contributed by atoms with Crippen LogP contribution in [0.25, 0.3) is 11.1 Å². The summed E-state index contributed by atoms with van der Waals surface area (Å²) in [5, 5.41) is 12.0. The second-order valence-corrected chi connectivity index (χ2v) is 10.8. The Bertz CT molecular complexity index is 1030. The molecule has 0 radical (unpaired) electrons. The molecule has 2 N–H and O–H groups in total. The van der Waals surface area contributed by atoms with Gasteiger partial charge in [-0.2, -0.15) is 23.5 Å². The first-order valence-electron chi connectivity index (χ1n) is 11.7. The molecule has 2 aromatic carbocycles.